The molecule has 2 aromatic heterocycles. The van der Waals surface area contributed by atoms with Crippen LogP contribution in [0.1, 0.15) is 37.0 Å². The van der Waals surface area contributed by atoms with Crippen LogP contribution < -0.4 is 15.0 Å². The Kier molecular flexibility index (Phi) is 4.84. The largest absolute Gasteiger partial charge is 0.484 e. The molecule has 1 aliphatic carbocycles. The van der Waals surface area contributed by atoms with Gasteiger partial charge in [0.1, 0.15) is 22.9 Å². The highest BCUT2D eigenvalue weighted by molar-refractivity contribution is 5.92. The Morgan fingerprint density at radius 1 is 1.10 bits per heavy atom. The lowest BCUT2D eigenvalue weighted by atomic mass is 9.96. The van der Waals surface area contributed by atoms with Crippen molar-refractivity contribution in [2.75, 3.05) is 29.9 Å². The lowest BCUT2D eigenvalue weighted by molar-refractivity contribution is -0.118. The first kappa shape index (κ1) is 18.0. The van der Waals surface area contributed by atoms with Crippen LogP contribution in [0.3, 0.4) is 0 Å². The number of benzene rings is 1. The molecule has 29 heavy (non-hydrogen) atoms. The van der Waals surface area contributed by atoms with E-state index in [0.29, 0.717) is 11.4 Å². The van der Waals surface area contributed by atoms with Crippen molar-refractivity contribution in [1.82, 2.24) is 4.98 Å². The number of amides is 1. The van der Waals surface area contributed by atoms with E-state index < -0.39 is 0 Å². The van der Waals surface area contributed by atoms with Gasteiger partial charge >= 0.3 is 0 Å². The number of furan rings is 1. The van der Waals surface area contributed by atoms with Gasteiger partial charge in [-0.2, -0.15) is 0 Å². The van der Waals surface area contributed by atoms with Crippen molar-refractivity contribution in [2.45, 2.75) is 38.5 Å². The van der Waals surface area contributed by atoms with Gasteiger partial charge in [-0.05, 0) is 62.4 Å². The summed E-state index contributed by atoms with van der Waals surface area (Å²) in [6, 6.07) is 9.63. The van der Waals surface area contributed by atoms with Crippen LogP contribution in [0.4, 0.5) is 11.5 Å². The molecule has 0 unspecified atom stereocenters. The highest BCUT2D eigenvalue weighted by atomic mass is 16.5. The van der Waals surface area contributed by atoms with Crippen LogP contribution in [0, 0.1) is 0 Å². The van der Waals surface area contributed by atoms with Gasteiger partial charge in [0.15, 0.2) is 6.61 Å². The van der Waals surface area contributed by atoms with E-state index in [1.807, 2.05) is 30.3 Å². The second kappa shape index (κ2) is 7.78. The number of ether oxygens (including phenoxy) is 1. The number of hydrogen-bond donors (Lipinski definition) is 1. The van der Waals surface area contributed by atoms with Gasteiger partial charge < -0.3 is 19.4 Å². The van der Waals surface area contributed by atoms with Crippen LogP contribution in [0.5, 0.6) is 5.75 Å². The lowest BCUT2D eigenvalue weighted by Crippen LogP contribution is -2.21. The third-order valence-electron chi connectivity index (χ3n) is 5.76. The van der Waals surface area contributed by atoms with Gasteiger partial charge in [-0.1, -0.05) is 0 Å². The number of hydrogen-bond acceptors (Lipinski definition) is 5. The maximum atomic E-state index is 12.3. The van der Waals surface area contributed by atoms with Crippen molar-refractivity contribution < 1.29 is 13.9 Å². The Balaban J connectivity index is 1.20. The van der Waals surface area contributed by atoms with E-state index in [2.05, 4.69) is 15.2 Å². The summed E-state index contributed by atoms with van der Waals surface area (Å²) in [7, 11) is 0. The summed E-state index contributed by atoms with van der Waals surface area (Å²) in [6.45, 7) is 2.06. The minimum atomic E-state index is -0.199. The maximum Gasteiger partial charge on any atom is 0.262 e. The first-order chi connectivity index (χ1) is 14.3. The fourth-order valence-corrected chi connectivity index (χ4v) is 4.27. The van der Waals surface area contributed by atoms with Gasteiger partial charge in [-0.3, -0.25) is 4.79 Å². The van der Waals surface area contributed by atoms with Crippen LogP contribution in [0.15, 0.2) is 40.9 Å². The van der Waals surface area contributed by atoms with E-state index in [1.165, 1.54) is 31.2 Å². The number of carbonyl (C=O) groups excluding carboxylic acids is 1. The molecule has 0 radical (unpaired) electrons. The van der Waals surface area contributed by atoms with Gasteiger partial charge in [0.25, 0.3) is 5.91 Å². The molecule has 1 aliphatic heterocycles. The van der Waals surface area contributed by atoms with Crippen molar-refractivity contribution in [3.05, 3.63) is 47.9 Å². The molecule has 0 saturated carbocycles. The van der Waals surface area contributed by atoms with Gasteiger partial charge in [0.2, 0.25) is 0 Å². The second-order valence-corrected chi connectivity index (χ2v) is 7.80. The number of aromatic nitrogens is 1. The minimum Gasteiger partial charge on any atom is -0.484 e. The molecule has 6 nitrogen and oxygen atoms in total. The molecule has 150 valence electrons. The standard InChI is InChI=1S/C23H25N3O3/c27-23(25-16-7-10-22(24-14-16)26-11-3-4-12-26)15-28-17-8-9-21-19(13-17)18-5-1-2-6-20(18)29-21/h7-10,13-14H,1-6,11-12,15H2,(H,25,27). The average Bonchev–Trinajstić information content (AvgIpc) is 3.41. The summed E-state index contributed by atoms with van der Waals surface area (Å²) in [4.78, 5) is 19.0. The average molecular weight is 391 g/mol. The summed E-state index contributed by atoms with van der Waals surface area (Å²) in [5.41, 5.74) is 2.88. The molecule has 3 aromatic rings. The van der Waals surface area contributed by atoms with E-state index in [4.69, 9.17) is 9.15 Å². The molecule has 0 bridgehead atoms. The Morgan fingerprint density at radius 2 is 1.97 bits per heavy atom. The van der Waals surface area contributed by atoms with E-state index in [-0.39, 0.29) is 12.5 Å². The molecule has 2 aliphatic rings. The Hall–Kier alpha value is -3.02. The number of pyridine rings is 1. The highest BCUT2D eigenvalue weighted by Gasteiger charge is 2.18. The Labute approximate surface area is 169 Å². The second-order valence-electron chi connectivity index (χ2n) is 7.80. The van der Waals surface area contributed by atoms with Crippen molar-refractivity contribution in [3.8, 4) is 5.75 Å². The van der Waals surface area contributed by atoms with Crippen LogP contribution >= 0.6 is 0 Å². The smallest absolute Gasteiger partial charge is 0.262 e. The molecule has 1 aromatic carbocycles. The fourth-order valence-electron chi connectivity index (χ4n) is 4.27. The summed E-state index contributed by atoms with van der Waals surface area (Å²) < 4.78 is 11.7. The van der Waals surface area contributed by atoms with E-state index in [0.717, 1.165) is 48.5 Å². The molecular weight excluding hydrogens is 366 g/mol. The van der Waals surface area contributed by atoms with Gasteiger partial charge in [-0.25, -0.2) is 4.98 Å². The Bertz CT molecular complexity index is 1020. The molecule has 1 N–H and O–H groups in total. The zero-order valence-electron chi connectivity index (χ0n) is 16.4. The van der Waals surface area contributed by atoms with Crippen molar-refractivity contribution >= 4 is 28.4 Å². The number of anilines is 2. The fraction of sp³-hybridized carbons (Fsp3) is 0.391. The molecule has 1 amide bonds. The summed E-state index contributed by atoms with van der Waals surface area (Å²) in [5.74, 6) is 2.55. The molecule has 3 heterocycles. The SMILES string of the molecule is O=C(COc1ccc2oc3c(c2c1)CCCC3)Nc1ccc(N2CCCC2)nc1. The first-order valence-corrected chi connectivity index (χ1v) is 10.4. The van der Waals surface area contributed by atoms with E-state index in [9.17, 15) is 4.79 Å². The minimum absolute atomic E-state index is 0.0422. The Morgan fingerprint density at radius 3 is 2.79 bits per heavy atom. The number of aryl methyl sites for hydroxylation is 2. The summed E-state index contributed by atoms with van der Waals surface area (Å²) >= 11 is 0. The number of nitrogens with zero attached hydrogens (tertiary/aromatic N) is 2. The normalized spacial score (nSPS) is 16.1. The van der Waals surface area contributed by atoms with Crippen LogP contribution in [-0.4, -0.2) is 30.6 Å². The number of carbonyl (C=O) groups is 1. The summed E-state index contributed by atoms with van der Waals surface area (Å²) in [5, 5.41) is 3.96. The van der Waals surface area contributed by atoms with Crippen molar-refractivity contribution in [2.24, 2.45) is 0 Å². The van der Waals surface area contributed by atoms with E-state index >= 15 is 0 Å². The molecular formula is C23H25N3O3. The zero-order valence-corrected chi connectivity index (χ0v) is 16.4. The third kappa shape index (κ3) is 3.79. The molecule has 0 spiro atoms. The molecule has 5 rings (SSSR count). The first-order valence-electron chi connectivity index (χ1n) is 10.4. The zero-order chi connectivity index (χ0) is 19.6. The monoisotopic (exact) mass is 391 g/mol. The van der Waals surface area contributed by atoms with Crippen LogP contribution in [0.2, 0.25) is 0 Å². The number of fused-ring (bicyclic) bond motifs is 3. The predicted molar refractivity (Wildman–Crippen MR) is 113 cm³/mol. The van der Waals surface area contributed by atoms with Crippen molar-refractivity contribution in [3.63, 3.8) is 0 Å². The van der Waals surface area contributed by atoms with Gasteiger partial charge in [-0.15, -0.1) is 0 Å². The summed E-state index contributed by atoms with van der Waals surface area (Å²) in [6.07, 6.45) is 8.56. The predicted octanol–water partition coefficient (Wildman–Crippen LogP) is 4.32. The van der Waals surface area contributed by atoms with Crippen LogP contribution in [0.25, 0.3) is 11.0 Å². The molecule has 6 heteroatoms. The number of nitrogens with one attached hydrogen (secondary N) is 1. The topological polar surface area (TPSA) is 67.6 Å². The van der Waals surface area contributed by atoms with Gasteiger partial charge in [0, 0.05) is 30.5 Å². The molecule has 1 fully saturated rings. The van der Waals surface area contributed by atoms with Crippen LogP contribution in [-0.2, 0) is 17.6 Å². The molecule has 0 atom stereocenters. The van der Waals surface area contributed by atoms with E-state index in [1.54, 1.807) is 6.20 Å². The van der Waals surface area contributed by atoms with Crippen molar-refractivity contribution in [1.29, 1.82) is 0 Å². The third-order valence-corrected chi connectivity index (χ3v) is 5.76. The quantitative estimate of drug-likeness (QED) is 0.701. The lowest BCUT2D eigenvalue weighted by Gasteiger charge is -2.16. The maximum absolute atomic E-state index is 12.3. The number of rotatable bonds is 5. The molecule has 1 saturated heterocycles. The van der Waals surface area contributed by atoms with Gasteiger partial charge in [0.05, 0.1) is 11.9 Å². The highest BCUT2D eigenvalue weighted by Crippen LogP contribution is 2.34.